The van der Waals surface area contributed by atoms with Crippen LogP contribution in [-0.2, 0) is 6.42 Å². The van der Waals surface area contributed by atoms with Crippen molar-refractivity contribution >= 4 is 11.4 Å². The van der Waals surface area contributed by atoms with Crippen LogP contribution in [0.25, 0.3) is 0 Å². The molecule has 0 fully saturated rings. The first kappa shape index (κ1) is 12.3. The van der Waals surface area contributed by atoms with Crippen molar-refractivity contribution in [2.45, 2.75) is 52.1 Å². The van der Waals surface area contributed by atoms with Crippen LogP contribution >= 0.6 is 0 Å². The second-order valence-electron chi connectivity index (χ2n) is 5.29. The second-order valence-corrected chi connectivity index (χ2v) is 5.29. The third kappa shape index (κ3) is 2.56. The Kier molecular flexibility index (Phi) is 3.60. The zero-order valence-electron chi connectivity index (χ0n) is 11.5. The van der Waals surface area contributed by atoms with Gasteiger partial charge in [-0.05, 0) is 56.9 Å². The molecule has 0 saturated heterocycles. The molecule has 2 nitrogen and oxygen atoms in total. The molecule has 0 radical (unpaired) electrons. The molecule has 1 aliphatic heterocycles. The van der Waals surface area contributed by atoms with Gasteiger partial charge in [0.15, 0.2) is 0 Å². The normalized spacial score (nSPS) is 20.4. The van der Waals surface area contributed by atoms with Gasteiger partial charge in [0.1, 0.15) is 0 Å². The van der Waals surface area contributed by atoms with Crippen molar-refractivity contribution in [2.24, 2.45) is 0 Å². The van der Waals surface area contributed by atoms with E-state index in [9.17, 15) is 0 Å². The second kappa shape index (κ2) is 4.99. The van der Waals surface area contributed by atoms with Gasteiger partial charge in [0.25, 0.3) is 0 Å². The maximum Gasteiger partial charge on any atom is 0.0376 e. The van der Waals surface area contributed by atoms with E-state index in [1.54, 1.807) is 0 Å². The number of rotatable bonds is 3. The molecule has 2 rings (SSSR count). The van der Waals surface area contributed by atoms with E-state index in [1.165, 1.54) is 36.2 Å². The van der Waals surface area contributed by atoms with Crippen LogP contribution in [-0.4, -0.2) is 19.1 Å². The monoisotopic (exact) mass is 232 g/mol. The van der Waals surface area contributed by atoms with E-state index in [0.717, 1.165) is 0 Å². The summed E-state index contributed by atoms with van der Waals surface area (Å²) in [5.74, 6) is 0. The number of nitrogens with one attached hydrogen (secondary N) is 1. The zero-order valence-corrected chi connectivity index (χ0v) is 11.5. The number of nitrogens with zero attached hydrogens (tertiary/aromatic N) is 1. The molecule has 2 heteroatoms. The quantitative estimate of drug-likeness (QED) is 0.855. The molecule has 0 saturated carbocycles. The summed E-state index contributed by atoms with van der Waals surface area (Å²) in [4.78, 5) is 2.37. The fraction of sp³-hybridized carbons (Fsp3) is 0.600. The molecule has 0 aliphatic carbocycles. The molecule has 0 aromatic heterocycles. The first-order valence-electron chi connectivity index (χ1n) is 6.74. The van der Waals surface area contributed by atoms with E-state index < -0.39 is 0 Å². The Labute approximate surface area is 105 Å². The summed E-state index contributed by atoms with van der Waals surface area (Å²) < 4.78 is 0. The van der Waals surface area contributed by atoms with Gasteiger partial charge in [-0.1, -0.05) is 6.92 Å². The number of fused-ring (bicyclic) bond motifs is 1. The highest BCUT2D eigenvalue weighted by Gasteiger charge is 2.16. The zero-order chi connectivity index (χ0) is 12.4. The summed E-state index contributed by atoms with van der Waals surface area (Å²) in [6, 6.07) is 8.03. The molecule has 0 bridgehead atoms. The number of anilines is 2. The maximum absolute atomic E-state index is 3.55. The van der Waals surface area contributed by atoms with E-state index in [-0.39, 0.29) is 0 Å². The van der Waals surface area contributed by atoms with Crippen LogP contribution < -0.4 is 10.2 Å². The van der Waals surface area contributed by atoms with Gasteiger partial charge in [-0.2, -0.15) is 0 Å². The largest absolute Gasteiger partial charge is 0.382 e. The van der Waals surface area contributed by atoms with Gasteiger partial charge in [0, 0.05) is 30.5 Å². The molecule has 1 aliphatic rings. The molecule has 17 heavy (non-hydrogen) atoms. The fourth-order valence-corrected chi connectivity index (χ4v) is 2.39. The highest BCUT2D eigenvalue weighted by Crippen LogP contribution is 2.29. The Balaban J connectivity index is 2.22. The number of hydrogen-bond acceptors (Lipinski definition) is 2. The lowest BCUT2D eigenvalue weighted by atomic mass is 9.98. The summed E-state index contributed by atoms with van der Waals surface area (Å²) in [7, 11) is 2.19. The smallest absolute Gasteiger partial charge is 0.0376 e. The van der Waals surface area contributed by atoms with Crippen LogP contribution in [0.4, 0.5) is 11.4 Å². The van der Waals surface area contributed by atoms with Gasteiger partial charge in [0.05, 0.1) is 0 Å². The topological polar surface area (TPSA) is 15.3 Å². The lowest BCUT2D eigenvalue weighted by Gasteiger charge is -2.29. The molecule has 2 unspecified atom stereocenters. The maximum atomic E-state index is 3.55. The molecule has 1 N–H and O–H groups in total. The third-order valence-electron chi connectivity index (χ3n) is 4.00. The van der Waals surface area contributed by atoms with Crippen LogP contribution in [0.3, 0.4) is 0 Å². The molecular formula is C15H24N2. The van der Waals surface area contributed by atoms with Crippen LogP contribution in [0.15, 0.2) is 18.2 Å². The fourth-order valence-electron chi connectivity index (χ4n) is 2.39. The van der Waals surface area contributed by atoms with Gasteiger partial charge in [-0.25, -0.2) is 0 Å². The van der Waals surface area contributed by atoms with E-state index >= 15 is 0 Å². The van der Waals surface area contributed by atoms with Crippen molar-refractivity contribution in [2.75, 3.05) is 17.3 Å². The minimum absolute atomic E-state index is 0.600. The van der Waals surface area contributed by atoms with Crippen molar-refractivity contribution in [3.8, 4) is 0 Å². The lowest BCUT2D eigenvalue weighted by Crippen LogP contribution is -2.28. The number of hydrogen-bond donors (Lipinski definition) is 1. The van der Waals surface area contributed by atoms with Gasteiger partial charge < -0.3 is 10.2 Å². The Morgan fingerprint density at radius 2 is 2.24 bits per heavy atom. The predicted octanol–water partition coefficient (Wildman–Crippen LogP) is 3.67. The van der Waals surface area contributed by atoms with Crippen molar-refractivity contribution < 1.29 is 0 Å². The van der Waals surface area contributed by atoms with Crippen LogP contribution in [0.2, 0.25) is 0 Å². The molecule has 0 spiro atoms. The van der Waals surface area contributed by atoms with Crippen LogP contribution in [0, 0.1) is 0 Å². The molecule has 1 aromatic rings. The van der Waals surface area contributed by atoms with Gasteiger partial charge in [-0.3, -0.25) is 0 Å². The van der Waals surface area contributed by atoms with E-state index in [1.807, 2.05) is 0 Å². The Morgan fingerprint density at radius 1 is 1.47 bits per heavy atom. The average Bonchev–Trinajstić information content (AvgIpc) is 2.36. The first-order valence-corrected chi connectivity index (χ1v) is 6.74. The SMILES string of the molecule is CCC(C)N(C)c1ccc2c(c1)CCC(C)N2. The van der Waals surface area contributed by atoms with Gasteiger partial charge in [0.2, 0.25) is 0 Å². The highest BCUT2D eigenvalue weighted by atomic mass is 15.1. The summed E-state index contributed by atoms with van der Waals surface area (Å²) in [5, 5.41) is 3.55. The number of aryl methyl sites for hydroxylation is 1. The van der Waals surface area contributed by atoms with Crippen LogP contribution in [0.5, 0.6) is 0 Å². The summed E-state index contributed by atoms with van der Waals surface area (Å²) in [6.07, 6.45) is 3.62. The van der Waals surface area contributed by atoms with E-state index in [2.05, 4.69) is 56.2 Å². The molecule has 1 aromatic carbocycles. The molecule has 1 heterocycles. The Bertz CT molecular complexity index is 387. The van der Waals surface area contributed by atoms with Crippen LogP contribution in [0.1, 0.15) is 39.2 Å². The minimum atomic E-state index is 0.600. The molecule has 94 valence electrons. The molecule has 0 amide bonds. The standard InChI is InChI=1S/C15H24N2/c1-5-12(3)17(4)14-8-9-15-13(10-14)7-6-11(2)16-15/h8-12,16H,5-7H2,1-4H3. The summed E-state index contributed by atoms with van der Waals surface area (Å²) in [5.41, 5.74) is 4.13. The van der Waals surface area contributed by atoms with Crippen molar-refractivity contribution in [3.63, 3.8) is 0 Å². The van der Waals surface area contributed by atoms with Gasteiger partial charge in [-0.15, -0.1) is 0 Å². The Hall–Kier alpha value is -1.18. The summed E-state index contributed by atoms with van der Waals surface area (Å²) in [6.45, 7) is 6.77. The Morgan fingerprint density at radius 3 is 2.94 bits per heavy atom. The van der Waals surface area contributed by atoms with E-state index in [4.69, 9.17) is 0 Å². The van der Waals surface area contributed by atoms with Crippen molar-refractivity contribution in [1.82, 2.24) is 0 Å². The van der Waals surface area contributed by atoms with E-state index in [0.29, 0.717) is 12.1 Å². The first-order chi connectivity index (χ1) is 8.11. The van der Waals surface area contributed by atoms with Crippen molar-refractivity contribution in [1.29, 1.82) is 0 Å². The predicted molar refractivity (Wildman–Crippen MR) is 76.0 cm³/mol. The average molecular weight is 232 g/mol. The summed E-state index contributed by atoms with van der Waals surface area (Å²) >= 11 is 0. The molecular weight excluding hydrogens is 208 g/mol. The van der Waals surface area contributed by atoms with Gasteiger partial charge >= 0.3 is 0 Å². The third-order valence-corrected chi connectivity index (χ3v) is 4.00. The molecule has 2 atom stereocenters. The lowest BCUT2D eigenvalue weighted by molar-refractivity contribution is 0.659. The number of benzene rings is 1. The van der Waals surface area contributed by atoms with Crippen molar-refractivity contribution in [3.05, 3.63) is 23.8 Å². The highest BCUT2D eigenvalue weighted by molar-refractivity contribution is 5.62. The minimum Gasteiger partial charge on any atom is -0.382 e.